The van der Waals surface area contributed by atoms with Crippen LogP contribution in [-0.2, 0) is 29.1 Å². The van der Waals surface area contributed by atoms with Crippen molar-refractivity contribution >= 4 is 17.6 Å². The normalized spacial score (nSPS) is 13.5. The second kappa shape index (κ2) is 9.98. The van der Waals surface area contributed by atoms with E-state index >= 15 is 0 Å². The van der Waals surface area contributed by atoms with Gasteiger partial charge in [-0.3, -0.25) is 9.59 Å². The van der Waals surface area contributed by atoms with Gasteiger partial charge in [0, 0.05) is 6.54 Å². The summed E-state index contributed by atoms with van der Waals surface area (Å²) in [7, 11) is 0. The zero-order valence-corrected chi connectivity index (χ0v) is 17.9. The molecule has 0 spiro atoms. The molecule has 1 aliphatic heterocycles. The number of hydrogen-bond acceptors (Lipinski definition) is 5. The van der Waals surface area contributed by atoms with Crippen molar-refractivity contribution in [2.45, 2.75) is 25.6 Å². The van der Waals surface area contributed by atoms with Crippen LogP contribution < -0.4 is 15.0 Å². The lowest BCUT2D eigenvalue weighted by Gasteiger charge is -2.30. The standard InChI is InChI=1S/C26H23N3O4/c27-14-19-6-8-20(9-7-19)16-29-23-11-10-21(13-24(23)33-17-25(29)30)15-28-22(26(31)32)12-18-4-2-1-3-5-18/h1-11,13,22,28H,12,15-17H2,(H,31,32)/t22-/m0/s1. The van der Waals surface area contributed by atoms with E-state index in [-0.39, 0.29) is 12.5 Å². The van der Waals surface area contributed by atoms with E-state index in [1.54, 1.807) is 17.0 Å². The van der Waals surface area contributed by atoms with Gasteiger partial charge in [-0.1, -0.05) is 48.5 Å². The van der Waals surface area contributed by atoms with Gasteiger partial charge in [-0.2, -0.15) is 5.26 Å². The van der Waals surface area contributed by atoms with Crippen LogP contribution >= 0.6 is 0 Å². The minimum absolute atomic E-state index is 0.0636. The van der Waals surface area contributed by atoms with Gasteiger partial charge in [0.05, 0.1) is 23.9 Å². The third-order valence-electron chi connectivity index (χ3n) is 5.52. The Bertz CT molecular complexity index is 1190. The third-order valence-corrected chi connectivity index (χ3v) is 5.52. The zero-order valence-electron chi connectivity index (χ0n) is 17.9. The number of carboxylic acid groups (broad SMARTS) is 1. The minimum atomic E-state index is -0.910. The van der Waals surface area contributed by atoms with Crippen LogP contribution in [0.3, 0.4) is 0 Å². The van der Waals surface area contributed by atoms with Crippen molar-refractivity contribution in [3.8, 4) is 11.8 Å². The fourth-order valence-electron chi connectivity index (χ4n) is 3.74. The van der Waals surface area contributed by atoms with Crippen LogP contribution in [0, 0.1) is 11.3 Å². The van der Waals surface area contributed by atoms with Gasteiger partial charge in [0.2, 0.25) is 0 Å². The first-order chi connectivity index (χ1) is 16.0. The number of anilines is 1. The molecule has 7 heteroatoms. The zero-order chi connectivity index (χ0) is 23.2. The smallest absolute Gasteiger partial charge is 0.321 e. The molecular weight excluding hydrogens is 418 g/mol. The Kier molecular flexibility index (Phi) is 6.67. The summed E-state index contributed by atoms with van der Waals surface area (Å²) >= 11 is 0. The number of aliphatic carboxylic acids is 1. The number of amides is 1. The highest BCUT2D eigenvalue weighted by atomic mass is 16.5. The van der Waals surface area contributed by atoms with E-state index in [4.69, 9.17) is 10.00 Å². The predicted octanol–water partition coefficient (Wildman–Crippen LogP) is 3.27. The molecule has 33 heavy (non-hydrogen) atoms. The molecule has 3 aromatic carbocycles. The van der Waals surface area contributed by atoms with Crippen LogP contribution in [0.2, 0.25) is 0 Å². The number of carboxylic acids is 1. The van der Waals surface area contributed by atoms with Crippen LogP contribution in [0.5, 0.6) is 5.75 Å². The van der Waals surface area contributed by atoms with Crippen LogP contribution in [0.15, 0.2) is 72.8 Å². The van der Waals surface area contributed by atoms with E-state index in [0.717, 1.165) is 16.7 Å². The summed E-state index contributed by atoms with van der Waals surface area (Å²) in [6.45, 7) is 0.659. The van der Waals surface area contributed by atoms with Crippen molar-refractivity contribution in [2.24, 2.45) is 0 Å². The van der Waals surface area contributed by atoms with Gasteiger partial charge in [-0.15, -0.1) is 0 Å². The molecule has 0 saturated carbocycles. The van der Waals surface area contributed by atoms with E-state index in [1.165, 1.54) is 0 Å². The Morgan fingerprint density at radius 2 is 1.79 bits per heavy atom. The Morgan fingerprint density at radius 3 is 2.48 bits per heavy atom. The van der Waals surface area contributed by atoms with Crippen molar-refractivity contribution in [2.75, 3.05) is 11.5 Å². The third kappa shape index (κ3) is 5.37. The van der Waals surface area contributed by atoms with Gasteiger partial charge in [0.15, 0.2) is 6.61 Å². The van der Waals surface area contributed by atoms with E-state index in [1.807, 2.05) is 60.7 Å². The van der Waals surface area contributed by atoms with Gasteiger partial charge in [0.25, 0.3) is 5.91 Å². The Morgan fingerprint density at radius 1 is 1.06 bits per heavy atom. The highest BCUT2D eigenvalue weighted by Crippen LogP contribution is 2.34. The topological polar surface area (TPSA) is 103 Å². The second-order valence-corrected chi connectivity index (χ2v) is 7.84. The lowest BCUT2D eigenvalue weighted by molar-refractivity contribution is -0.139. The van der Waals surface area contributed by atoms with E-state index in [2.05, 4.69) is 11.4 Å². The lowest BCUT2D eigenvalue weighted by atomic mass is 10.1. The SMILES string of the molecule is N#Cc1ccc(CN2C(=O)COc3cc(CN[C@@H](Cc4ccccc4)C(=O)O)ccc32)cc1. The number of nitrogens with one attached hydrogen (secondary N) is 1. The fraction of sp³-hybridized carbons (Fsp3) is 0.192. The molecule has 1 amide bonds. The molecule has 1 atom stereocenters. The van der Waals surface area contributed by atoms with Crippen molar-refractivity contribution in [1.29, 1.82) is 5.26 Å². The summed E-state index contributed by atoms with van der Waals surface area (Å²) in [6, 6.07) is 23.5. The first-order valence-electron chi connectivity index (χ1n) is 10.6. The number of ether oxygens (including phenoxy) is 1. The molecule has 0 saturated heterocycles. The van der Waals surface area contributed by atoms with Crippen LogP contribution in [0.4, 0.5) is 5.69 Å². The summed E-state index contributed by atoms with van der Waals surface area (Å²) in [4.78, 5) is 25.9. The first kappa shape index (κ1) is 22.1. The van der Waals surface area contributed by atoms with Crippen LogP contribution in [0.25, 0.3) is 0 Å². The molecule has 0 aromatic heterocycles. The number of fused-ring (bicyclic) bond motifs is 1. The highest BCUT2D eigenvalue weighted by molar-refractivity contribution is 5.97. The molecule has 0 fully saturated rings. The van der Waals surface area contributed by atoms with Crippen molar-refractivity contribution in [1.82, 2.24) is 5.32 Å². The molecule has 0 aliphatic carbocycles. The molecule has 0 unspecified atom stereocenters. The Hall–Kier alpha value is -4.15. The first-order valence-corrected chi connectivity index (χ1v) is 10.6. The number of carbonyl (C=O) groups excluding carboxylic acids is 1. The molecule has 2 N–H and O–H groups in total. The number of rotatable bonds is 8. The molecule has 0 bridgehead atoms. The molecule has 7 nitrogen and oxygen atoms in total. The minimum Gasteiger partial charge on any atom is -0.482 e. The largest absolute Gasteiger partial charge is 0.482 e. The molecular formula is C26H23N3O4. The molecule has 1 aliphatic rings. The number of hydrogen-bond donors (Lipinski definition) is 2. The number of nitriles is 1. The lowest BCUT2D eigenvalue weighted by Crippen LogP contribution is -2.39. The van der Waals surface area contributed by atoms with Crippen LogP contribution in [0.1, 0.15) is 22.3 Å². The van der Waals surface area contributed by atoms with Crippen LogP contribution in [-0.4, -0.2) is 29.6 Å². The summed E-state index contributed by atoms with van der Waals surface area (Å²) in [5, 5.41) is 21.7. The number of benzene rings is 3. The van der Waals surface area contributed by atoms with E-state index < -0.39 is 12.0 Å². The monoisotopic (exact) mass is 441 g/mol. The summed E-state index contributed by atoms with van der Waals surface area (Å²) in [5.74, 6) is -0.476. The molecule has 4 rings (SSSR count). The quantitative estimate of drug-likeness (QED) is 0.556. The van der Waals surface area contributed by atoms with Crippen molar-refractivity contribution in [3.63, 3.8) is 0 Å². The van der Waals surface area contributed by atoms with E-state index in [0.29, 0.717) is 36.5 Å². The predicted molar refractivity (Wildman–Crippen MR) is 123 cm³/mol. The molecule has 1 heterocycles. The van der Waals surface area contributed by atoms with E-state index in [9.17, 15) is 14.7 Å². The molecule has 3 aromatic rings. The second-order valence-electron chi connectivity index (χ2n) is 7.84. The summed E-state index contributed by atoms with van der Waals surface area (Å²) in [5.41, 5.74) is 3.95. The van der Waals surface area contributed by atoms with Crippen molar-refractivity contribution < 1.29 is 19.4 Å². The molecule has 0 radical (unpaired) electrons. The average molecular weight is 441 g/mol. The highest BCUT2D eigenvalue weighted by Gasteiger charge is 2.26. The Labute approximate surface area is 191 Å². The summed E-state index contributed by atoms with van der Waals surface area (Å²) in [6.07, 6.45) is 0.379. The Balaban J connectivity index is 1.46. The fourth-order valence-corrected chi connectivity index (χ4v) is 3.74. The van der Waals surface area contributed by atoms with Crippen molar-refractivity contribution in [3.05, 3.63) is 95.1 Å². The number of nitrogens with zero attached hydrogens (tertiary/aromatic N) is 2. The van der Waals surface area contributed by atoms with Gasteiger partial charge in [-0.25, -0.2) is 0 Å². The molecule has 166 valence electrons. The summed E-state index contributed by atoms with van der Waals surface area (Å²) < 4.78 is 5.65. The van der Waals surface area contributed by atoms with Gasteiger partial charge in [-0.05, 0) is 47.4 Å². The average Bonchev–Trinajstić information content (AvgIpc) is 2.84. The van der Waals surface area contributed by atoms with Gasteiger partial charge in [0.1, 0.15) is 11.8 Å². The maximum atomic E-state index is 12.5. The van der Waals surface area contributed by atoms with Gasteiger partial charge < -0.3 is 20.1 Å². The maximum Gasteiger partial charge on any atom is 0.321 e. The van der Waals surface area contributed by atoms with Gasteiger partial charge >= 0.3 is 5.97 Å². The maximum absolute atomic E-state index is 12.5. The number of carbonyl (C=O) groups is 2.